The van der Waals surface area contributed by atoms with Gasteiger partial charge >= 0.3 is 0 Å². The lowest BCUT2D eigenvalue weighted by Crippen LogP contribution is -2.00. The monoisotopic (exact) mass is 298 g/mol. The molecule has 0 saturated heterocycles. The largest absolute Gasteiger partial charge is 0.356 e. The van der Waals surface area contributed by atoms with Crippen LogP contribution < -0.4 is 5.32 Å². The van der Waals surface area contributed by atoms with Crippen LogP contribution in [-0.4, -0.2) is 15.2 Å². The smallest absolute Gasteiger partial charge is 0.205 e. The molecular weight excluding hydrogens is 280 g/mol. The molecule has 1 aromatic carbocycles. The predicted octanol–water partition coefficient (Wildman–Crippen LogP) is 3.90. The summed E-state index contributed by atoms with van der Waals surface area (Å²) < 4.78 is 0. The number of nitrogens with one attached hydrogen (secondary N) is 1. The molecular formula is C16H18N4S. The van der Waals surface area contributed by atoms with Gasteiger partial charge in [0.05, 0.1) is 5.52 Å². The second-order valence-electron chi connectivity index (χ2n) is 5.44. The second-order valence-corrected chi connectivity index (χ2v) is 6.50. The highest BCUT2D eigenvalue weighted by Gasteiger charge is 2.07. The van der Waals surface area contributed by atoms with Crippen LogP contribution in [0.25, 0.3) is 10.9 Å². The summed E-state index contributed by atoms with van der Waals surface area (Å²) in [5.41, 5.74) is 2.25. The number of rotatable bonds is 5. The Morgan fingerprint density at radius 3 is 2.86 bits per heavy atom. The molecule has 0 spiro atoms. The fourth-order valence-electron chi connectivity index (χ4n) is 2.24. The maximum Gasteiger partial charge on any atom is 0.205 e. The molecule has 108 valence electrons. The van der Waals surface area contributed by atoms with Crippen LogP contribution in [0, 0.1) is 5.92 Å². The van der Waals surface area contributed by atoms with Gasteiger partial charge in [-0.15, -0.1) is 10.2 Å². The quantitative estimate of drug-likeness (QED) is 0.776. The number of pyridine rings is 1. The number of benzene rings is 1. The van der Waals surface area contributed by atoms with E-state index in [0.717, 1.165) is 28.6 Å². The molecule has 0 fully saturated rings. The molecule has 3 rings (SSSR count). The molecule has 3 aromatic rings. The summed E-state index contributed by atoms with van der Waals surface area (Å²) >= 11 is 1.64. The normalized spacial score (nSPS) is 11.2. The minimum atomic E-state index is 0.606. The molecule has 5 heteroatoms. The molecule has 0 unspecified atom stereocenters. The Bertz CT molecular complexity index is 730. The third-order valence-corrected chi connectivity index (χ3v) is 4.12. The number of hydrogen-bond acceptors (Lipinski definition) is 5. The molecule has 0 radical (unpaired) electrons. The van der Waals surface area contributed by atoms with Crippen molar-refractivity contribution in [2.75, 3.05) is 5.32 Å². The van der Waals surface area contributed by atoms with Crippen molar-refractivity contribution in [2.45, 2.75) is 26.8 Å². The highest BCUT2D eigenvalue weighted by molar-refractivity contribution is 7.15. The van der Waals surface area contributed by atoms with Crippen LogP contribution >= 0.6 is 11.3 Å². The standard InChI is InChI=1S/C16H18N4S/c1-11(2)9-15-19-20-16(21-15)18-10-12-7-8-17-14-6-4-3-5-13(12)14/h3-8,11H,9-10H2,1-2H3,(H,18,20). The van der Waals surface area contributed by atoms with Crippen LogP contribution in [0.3, 0.4) is 0 Å². The third kappa shape index (κ3) is 3.36. The molecule has 0 aliphatic rings. The number of hydrogen-bond donors (Lipinski definition) is 1. The van der Waals surface area contributed by atoms with Crippen molar-refractivity contribution in [3.63, 3.8) is 0 Å². The fraction of sp³-hybridized carbons (Fsp3) is 0.312. The van der Waals surface area contributed by atoms with Gasteiger partial charge in [-0.3, -0.25) is 4.98 Å². The van der Waals surface area contributed by atoms with Crippen LogP contribution in [0.4, 0.5) is 5.13 Å². The zero-order chi connectivity index (χ0) is 14.7. The van der Waals surface area contributed by atoms with Crippen molar-refractivity contribution in [3.05, 3.63) is 47.1 Å². The van der Waals surface area contributed by atoms with Gasteiger partial charge in [-0.1, -0.05) is 43.4 Å². The van der Waals surface area contributed by atoms with Gasteiger partial charge in [-0.05, 0) is 23.6 Å². The number of para-hydroxylation sites is 1. The molecule has 1 N–H and O–H groups in total. The molecule has 4 nitrogen and oxygen atoms in total. The zero-order valence-corrected chi connectivity index (χ0v) is 13.0. The van der Waals surface area contributed by atoms with E-state index in [4.69, 9.17) is 0 Å². The van der Waals surface area contributed by atoms with Gasteiger partial charge in [0.1, 0.15) is 5.01 Å². The van der Waals surface area contributed by atoms with Crippen LogP contribution in [0.5, 0.6) is 0 Å². The molecule has 0 amide bonds. The average molecular weight is 298 g/mol. The third-order valence-electron chi connectivity index (χ3n) is 3.22. The van der Waals surface area contributed by atoms with Crippen molar-refractivity contribution < 1.29 is 0 Å². The molecule has 0 atom stereocenters. The van der Waals surface area contributed by atoms with Crippen LogP contribution in [0.1, 0.15) is 24.4 Å². The highest BCUT2D eigenvalue weighted by Crippen LogP contribution is 2.21. The zero-order valence-electron chi connectivity index (χ0n) is 12.2. The van der Waals surface area contributed by atoms with Crippen LogP contribution in [-0.2, 0) is 13.0 Å². The Hall–Kier alpha value is -2.01. The molecule has 2 aromatic heterocycles. The van der Waals surface area contributed by atoms with Crippen molar-refractivity contribution in [1.82, 2.24) is 15.2 Å². The Kier molecular flexibility index (Phi) is 4.10. The van der Waals surface area contributed by atoms with Gasteiger partial charge < -0.3 is 5.32 Å². The Labute approximate surface area is 128 Å². The van der Waals surface area contributed by atoms with E-state index >= 15 is 0 Å². The lowest BCUT2D eigenvalue weighted by Gasteiger charge is -2.06. The Balaban J connectivity index is 1.73. The summed E-state index contributed by atoms with van der Waals surface area (Å²) in [6.07, 6.45) is 2.83. The summed E-state index contributed by atoms with van der Waals surface area (Å²) in [5, 5.41) is 14.9. The van der Waals surface area contributed by atoms with E-state index in [1.54, 1.807) is 11.3 Å². The van der Waals surface area contributed by atoms with Gasteiger partial charge in [-0.2, -0.15) is 0 Å². The fourth-order valence-corrected chi connectivity index (χ4v) is 3.18. The number of nitrogens with zero attached hydrogens (tertiary/aromatic N) is 3. The molecule has 2 heterocycles. The summed E-state index contributed by atoms with van der Waals surface area (Å²) in [4.78, 5) is 4.38. The first-order valence-electron chi connectivity index (χ1n) is 7.11. The minimum absolute atomic E-state index is 0.606. The number of anilines is 1. The van der Waals surface area contributed by atoms with Crippen molar-refractivity contribution in [1.29, 1.82) is 0 Å². The Morgan fingerprint density at radius 2 is 2.00 bits per heavy atom. The first-order valence-corrected chi connectivity index (χ1v) is 7.93. The van der Waals surface area contributed by atoms with Crippen molar-refractivity contribution in [3.8, 4) is 0 Å². The number of fused-ring (bicyclic) bond motifs is 1. The first-order chi connectivity index (χ1) is 10.2. The summed E-state index contributed by atoms with van der Waals surface area (Å²) in [5.74, 6) is 0.606. The summed E-state index contributed by atoms with van der Waals surface area (Å²) in [6, 6.07) is 10.2. The van der Waals surface area contributed by atoms with Gasteiger partial charge in [-0.25, -0.2) is 0 Å². The lowest BCUT2D eigenvalue weighted by molar-refractivity contribution is 0.640. The Morgan fingerprint density at radius 1 is 1.14 bits per heavy atom. The van der Waals surface area contributed by atoms with E-state index < -0.39 is 0 Å². The van der Waals surface area contributed by atoms with E-state index in [-0.39, 0.29) is 0 Å². The van der Waals surface area contributed by atoms with E-state index in [1.165, 1.54) is 10.9 Å². The van der Waals surface area contributed by atoms with E-state index in [9.17, 15) is 0 Å². The van der Waals surface area contributed by atoms with Gasteiger partial charge in [0.2, 0.25) is 5.13 Å². The maximum absolute atomic E-state index is 4.38. The molecule has 21 heavy (non-hydrogen) atoms. The molecule has 0 bridgehead atoms. The predicted molar refractivity (Wildman–Crippen MR) is 87.5 cm³/mol. The van der Waals surface area contributed by atoms with Crippen molar-refractivity contribution in [2.24, 2.45) is 5.92 Å². The second kappa shape index (κ2) is 6.18. The average Bonchev–Trinajstić information content (AvgIpc) is 2.92. The molecule has 0 aliphatic heterocycles. The first kappa shape index (κ1) is 13.9. The van der Waals surface area contributed by atoms with Gasteiger partial charge in [0.15, 0.2) is 0 Å². The van der Waals surface area contributed by atoms with Crippen LogP contribution in [0.15, 0.2) is 36.5 Å². The lowest BCUT2D eigenvalue weighted by atomic mass is 10.1. The minimum Gasteiger partial charge on any atom is -0.356 e. The molecule has 0 saturated carbocycles. The summed E-state index contributed by atoms with van der Waals surface area (Å²) in [6.45, 7) is 5.12. The van der Waals surface area contributed by atoms with E-state index in [1.807, 2.05) is 30.5 Å². The van der Waals surface area contributed by atoms with Gasteiger partial charge in [0.25, 0.3) is 0 Å². The topological polar surface area (TPSA) is 50.7 Å². The van der Waals surface area contributed by atoms with E-state index in [2.05, 4.69) is 40.4 Å². The summed E-state index contributed by atoms with van der Waals surface area (Å²) in [7, 11) is 0. The molecule has 0 aliphatic carbocycles. The SMILES string of the molecule is CC(C)Cc1nnc(NCc2ccnc3ccccc23)s1. The number of aromatic nitrogens is 3. The van der Waals surface area contributed by atoms with Crippen LogP contribution in [0.2, 0.25) is 0 Å². The van der Waals surface area contributed by atoms with Gasteiger partial charge in [0, 0.05) is 24.5 Å². The van der Waals surface area contributed by atoms with E-state index in [0.29, 0.717) is 5.92 Å². The van der Waals surface area contributed by atoms with Crippen molar-refractivity contribution >= 4 is 27.4 Å². The maximum atomic E-state index is 4.38. The highest BCUT2D eigenvalue weighted by atomic mass is 32.1.